The molecule has 0 radical (unpaired) electrons. The summed E-state index contributed by atoms with van der Waals surface area (Å²) in [5.74, 6) is 0. The Labute approximate surface area is 103 Å². The fourth-order valence-corrected chi connectivity index (χ4v) is 2.38. The van der Waals surface area contributed by atoms with Gasteiger partial charge < -0.3 is 9.52 Å². The van der Waals surface area contributed by atoms with Gasteiger partial charge in [0.05, 0.1) is 12.5 Å². The molecule has 16 heavy (non-hydrogen) atoms. The molecule has 0 amide bonds. The molecule has 84 valence electrons. The Hall–Kier alpha value is -1.06. The number of furan rings is 1. The van der Waals surface area contributed by atoms with E-state index in [-0.39, 0.29) is 0 Å². The predicted molar refractivity (Wildman–Crippen MR) is 66.6 cm³/mol. The minimum atomic E-state index is -0.974. The summed E-state index contributed by atoms with van der Waals surface area (Å²) in [6, 6.07) is 11.4. The van der Waals surface area contributed by atoms with E-state index in [4.69, 9.17) is 4.42 Å². The summed E-state index contributed by atoms with van der Waals surface area (Å²) in [6.45, 7) is 0. The van der Waals surface area contributed by atoms with E-state index in [0.717, 1.165) is 16.5 Å². The van der Waals surface area contributed by atoms with Crippen LogP contribution in [0.25, 0.3) is 0 Å². The van der Waals surface area contributed by atoms with Gasteiger partial charge in [-0.15, -0.1) is 0 Å². The van der Waals surface area contributed by atoms with Gasteiger partial charge in [0.15, 0.2) is 0 Å². The summed E-state index contributed by atoms with van der Waals surface area (Å²) < 4.78 is 5.05. The Morgan fingerprint density at radius 1 is 1.12 bits per heavy atom. The lowest BCUT2D eigenvalue weighted by Gasteiger charge is -2.26. The van der Waals surface area contributed by atoms with Gasteiger partial charge in [-0.2, -0.15) is 0 Å². The average Bonchev–Trinajstić information content (AvgIpc) is 2.84. The van der Waals surface area contributed by atoms with Crippen LogP contribution in [0.1, 0.15) is 17.5 Å². The largest absolute Gasteiger partial charge is 0.472 e. The number of halogens is 1. The van der Waals surface area contributed by atoms with Crippen molar-refractivity contribution in [3.63, 3.8) is 0 Å². The monoisotopic (exact) mass is 280 g/mol. The molecule has 1 aromatic carbocycles. The van der Waals surface area contributed by atoms with Crippen molar-refractivity contribution in [3.8, 4) is 0 Å². The van der Waals surface area contributed by atoms with Crippen LogP contribution in [0, 0.1) is 0 Å². The zero-order chi connectivity index (χ0) is 11.4. The first-order chi connectivity index (χ1) is 7.77. The molecule has 1 heterocycles. The van der Waals surface area contributed by atoms with Gasteiger partial charge in [-0.1, -0.05) is 46.3 Å². The van der Waals surface area contributed by atoms with Crippen LogP contribution in [0.5, 0.6) is 0 Å². The van der Waals surface area contributed by atoms with E-state index in [2.05, 4.69) is 15.9 Å². The lowest BCUT2D eigenvalue weighted by Crippen LogP contribution is -2.27. The van der Waals surface area contributed by atoms with E-state index in [1.54, 1.807) is 18.6 Å². The van der Waals surface area contributed by atoms with Gasteiger partial charge in [-0.05, 0) is 18.1 Å². The van der Waals surface area contributed by atoms with E-state index in [9.17, 15) is 5.11 Å². The predicted octanol–water partition coefficient (Wildman–Crippen LogP) is 3.30. The van der Waals surface area contributed by atoms with E-state index < -0.39 is 5.60 Å². The third kappa shape index (κ3) is 2.06. The lowest BCUT2D eigenvalue weighted by atomic mass is 9.86. The van der Waals surface area contributed by atoms with Gasteiger partial charge in [-0.3, -0.25) is 0 Å². The number of hydrogen-bond acceptors (Lipinski definition) is 2. The normalized spacial score (nSPS) is 14.6. The first-order valence-electron chi connectivity index (χ1n) is 5.14. The van der Waals surface area contributed by atoms with Crippen LogP contribution >= 0.6 is 15.9 Å². The Bertz CT molecular complexity index is 424. The number of hydrogen-bond donors (Lipinski definition) is 1. The third-order valence-electron chi connectivity index (χ3n) is 2.71. The fourth-order valence-electron chi connectivity index (χ4n) is 1.81. The molecule has 1 unspecified atom stereocenters. The Kier molecular flexibility index (Phi) is 3.46. The fraction of sp³-hybridized carbons (Fsp3) is 0.231. The van der Waals surface area contributed by atoms with Crippen LogP contribution in [0.3, 0.4) is 0 Å². The van der Waals surface area contributed by atoms with Gasteiger partial charge in [-0.25, -0.2) is 0 Å². The topological polar surface area (TPSA) is 33.4 Å². The molecular formula is C13H13BrO2. The highest BCUT2D eigenvalue weighted by Crippen LogP contribution is 2.33. The minimum absolute atomic E-state index is 0.608. The van der Waals surface area contributed by atoms with Crippen LogP contribution in [0.15, 0.2) is 53.3 Å². The van der Waals surface area contributed by atoms with E-state index >= 15 is 0 Å². The van der Waals surface area contributed by atoms with Gasteiger partial charge >= 0.3 is 0 Å². The molecule has 0 aliphatic heterocycles. The van der Waals surface area contributed by atoms with Crippen molar-refractivity contribution in [1.29, 1.82) is 0 Å². The second kappa shape index (κ2) is 4.85. The standard InChI is InChI=1S/C13H13BrO2/c14-8-7-13(15,12-6-9-16-10-12)11-4-2-1-3-5-11/h1-6,9-10,15H,7-8H2. The maximum absolute atomic E-state index is 10.8. The van der Waals surface area contributed by atoms with Crippen molar-refractivity contribution < 1.29 is 9.52 Å². The highest BCUT2D eigenvalue weighted by molar-refractivity contribution is 9.09. The second-order valence-corrected chi connectivity index (χ2v) is 4.47. The molecular weight excluding hydrogens is 268 g/mol. The molecule has 0 spiro atoms. The summed E-state index contributed by atoms with van der Waals surface area (Å²) in [7, 11) is 0. The van der Waals surface area contributed by atoms with Crippen LogP contribution in [-0.2, 0) is 5.60 Å². The highest BCUT2D eigenvalue weighted by atomic mass is 79.9. The number of aliphatic hydroxyl groups is 1. The minimum Gasteiger partial charge on any atom is -0.472 e. The van der Waals surface area contributed by atoms with Gasteiger partial charge in [0.25, 0.3) is 0 Å². The maximum atomic E-state index is 10.8. The van der Waals surface area contributed by atoms with Crippen molar-refractivity contribution >= 4 is 15.9 Å². The molecule has 2 nitrogen and oxygen atoms in total. The van der Waals surface area contributed by atoms with Gasteiger partial charge in [0.1, 0.15) is 5.60 Å². The van der Waals surface area contributed by atoms with Crippen molar-refractivity contribution in [2.45, 2.75) is 12.0 Å². The Morgan fingerprint density at radius 3 is 2.44 bits per heavy atom. The van der Waals surface area contributed by atoms with Crippen LogP contribution in [-0.4, -0.2) is 10.4 Å². The van der Waals surface area contributed by atoms with Crippen LogP contribution in [0.2, 0.25) is 0 Å². The zero-order valence-corrected chi connectivity index (χ0v) is 10.4. The molecule has 2 aromatic rings. The van der Waals surface area contributed by atoms with Crippen molar-refractivity contribution in [2.24, 2.45) is 0 Å². The molecule has 1 atom stereocenters. The molecule has 3 heteroatoms. The highest BCUT2D eigenvalue weighted by Gasteiger charge is 2.31. The zero-order valence-electron chi connectivity index (χ0n) is 8.77. The summed E-state index contributed by atoms with van der Waals surface area (Å²) >= 11 is 3.38. The maximum Gasteiger partial charge on any atom is 0.118 e. The molecule has 0 aliphatic carbocycles. The number of rotatable bonds is 4. The molecule has 0 saturated carbocycles. The molecule has 0 bridgehead atoms. The summed E-state index contributed by atoms with van der Waals surface area (Å²) in [5.41, 5.74) is 0.701. The summed E-state index contributed by atoms with van der Waals surface area (Å²) in [5, 5.41) is 11.5. The smallest absolute Gasteiger partial charge is 0.118 e. The van der Waals surface area contributed by atoms with E-state index in [1.165, 1.54) is 0 Å². The van der Waals surface area contributed by atoms with Gasteiger partial charge in [0.2, 0.25) is 0 Å². The lowest BCUT2D eigenvalue weighted by molar-refractivity contribution is 0.0775. The molecule has 0 aliphatic rings. The van der Waals surface area contributed by atoms with Crippen molar-refractivity contribution in [1.82, 2.24) is 0 Å². The molecule has 0 saturated heterocycles. The first-order valence-corrected chi connectivity index (χ1v) is 6.26. The van der Waals surface area contributed by atoms with Crippen molar-refractivity contribution in [2.75, 3.05) is 5.33 Å². The van der Waals surface area contributed by atoms with Crippen LogP contribution in [0.4, 0.5) is 0 Å². The quantitative estimate of drug-likeness (QED) is 0.872. The molecule has 0 fully saturated rings. The van der Waals surface area contributed by atoms with Crippen molar-refractivity contribution in [3.05, 3.63) is 60.1 Å². The first kappa shape index (κ1) is 11.4. The number of benzene rings is 1. The van der Waals surface area contributed by atoms with Gasteiger partial charge in [0, 0.05) is 10.9 Å². The molecule has 1 N–H and O–H groups in total. The Balaban J connectivity index is 2.44. The summed E-state index contributed by atoms with van der Waals surface area (Å²) in [4.78, 5) is 0. The van der Waals surface area contributed by atoms with E-state index in [0.29, 0.717) is 6.42 Å². The Morgan fingerprint density at radius 2 is 1.88 bits per heavy atom. The molecule has 1 aromatic heterocycles. The average molecular weight is 281 g/mol. The second-order valence-electron chi connectivity index (χ2n) is 3.68. The third-order valence-corrected chi connectivity index (χ3v) is 3.10. The van der Waals surface area contributed by atoms with E-state index in [1.807, 2.05) is 30.3 Å². The SMILES string of the molecule is OC(CCBr)(c1ccccc1)c1ccoc1. The number of alkyl halides is 1. The summed E-state index contributed by atoms with van der Waals surface area (Å²) in [6.07, 6.45) is 3.78. The molecule has 2 rings (SSSR count). The van der Waals surface area contributed by atoms with Crippen LogP contribution < -0.4 is 0 Å².